The molecule has 36 heavy (non-hydrogen) atoms. The second kappa shape index (κ2) is 11.6. The van der Waals surface area contributed by atoms with E-state index in [4.69, 9.17) is 4.74 Å². The molecule has 0 unspecified atom stereocenters. The van der Waals surface area contributed by atoms with E-state index in [-0.39, 0.29) is 18.0 Å². The van der Waals surface area contributed by atoms with E-state index >= 15 is 0 Å². The Morgan fingerprint density at radius 1 is 0.750 bits per heavy atom. The summed E-state index contributed by atoms with van der Waals surface area (Å²) in [6, 6.07) is 29.0. The molecule has 0 radical (unpaired) electrons. The van der Waals surface area contributed by atoms with Crippen LogP contribution in [0.15, 0.2) is 108 Å². The Bertz CT molecular complexity index is 1440. The van der Waals surface area contributed by atoms with Crippen molar-refractivity contribution in [2.45, 2.75) is 30.5 Å². The quantitative estimate of drug-likeness (QED) is 0.320. The van der Waals surface area contributed by atoms with Gasteiger partial charge < -0.3 is 10.1 Å². The predicted octanol–water partition coefficient (Wildman–Crippen LogP) is 3.94. The number of carbonyl (C=O) groups excluding carboxylic acids is 2. The number of hydrogen-bond acceptors (Lipinski definition) is 5. The number of rotatable bonds is 10. The van der Waals surface area contributed by atoms with Crippen LogP contribution in [0.5, 0.6) is 0 Å². The molecule has 0 spiro atoms. The molecule has 4 rings (SSSR count). The number of ether oxygens (including phenoxy) is 1. The molecular weight excluding hydrogens is 476 g/mol. The third-order valence-corrected chi connectivity index (χ3v) is 7.04. The molecule has 4 aromatic carbocycles. The number of hydrogen-bond donors (Lipinski definition) is 2. The minimum absolute atomic E-state index is 0.000266. The molecular formula is C28H26N2O5S. The zero-order valence-electron chi connectivity index (χ0n) is 19.5. The summed E-state index contributed by atoms with van der Waals surface area (Å²) >= 11 is 0. The minimum atomic E-state index is -4.11. The summed E-state index contributed by atoms with van der Waals surface area (Å²) in [6.45, 7) is 0.211. The summed E-state index contributed by atoms with van der Waals surface area (Å²) in [7, 11) is -4.11. The van der Waals surface area contributed by atoms with Crippen LogP contribution in [0.3, 0.4) is 0 Å². The van der Waals surface area contributed by atoms with Crippen molar-refractivity contribution in [3.8, 4) is 0 Å². The van der Waals surface area contributed by atoms with Crippen molar-refractivity contribution in [2.24, 2.45) is 0 Å². The van der Waals surface area contributed by atoms with Crippen LogP contribution >= 0.6 is 0 Å². The van der Waals surface area contributed by atoms with Gasteiger partial charge in [-0.25, -0.2) is 8.42 Å². The molecule has 0 aliphatic rings. The second-order valence-corrected chi connectivity index (χ2v) is 9.95. The van der Waals surface area contributed by atoms with Crippen LogP contribution in [0, 0.1) is 0 Å². The molecule has 0 aliphatic heterocycles. The Hall–Kier alpha value is -4.01. The Balaban J connectivity index is 1.50. The lowest BCUT2D eigenvalue weighted by molar-refractivity contribution is -0.146. The number of fused-ring (bicyclic) bond motifs is 1. The van der Waals surface area contributed by atoms with Crippen molar-refractivity contribution >= 4 is 32.7 Å². The van der Waals surface area contributed by atoms with E-state index in [2.05, 4.69) is 10.0 Å². The van der Waals surface area contributed by atoms with E-state index in [0.717, 1.165) is 21.9 Å². The number of amides is 1. The number of nitrogens with one attached hydrogen (secondary N) is 2. The standard InChI is InChI=1S/C28H26N2O5S/c31-27(35-20-22-11-5-2-6-12-22)18-26(28(32)29-19-21-9-3-1-4-10-21)30-36(33,34)25-16-15-23-13-7-8-14-24(23)17-25/h1-17,26,30H,18-20H2,(H,29,32)/t26-/m0/s1. The van der Waals surface area contributed by atoms with Crippen LogP contribution in [0.2, 0.25) is 0 Å². The van der Waals surface area contributed by atoms with Crippen molar-refractivity contribution in [3.05, 3.63) is 114 Å². The van der Waals surface area contributed by atoms with E-state index in [1.165, 1.54) is 12.1 Å². The fraction of sp³-hybridized carbons (Fsp3) is 0.143. The molecule has 0 fully saturated rings. The zero-order chi connectivity index (χ0) is 25.4. The number of carbonyl (C=O) groups is 2. The van der Waals surface area contributed by atoms with E-state index in [0.29, 0.717) is 0 Å². The summed E-state index contributed by atoms with van der Waals surface area (Å²) in [5, 5.41) is 4.34. The molecule has 7 nitrogen and oxygen atoms in total. The van der Waals surface area contributed by atoms with Crippen LogP contribution in [-0.2, 0) is 37.5 Å². The zero-order valence-corrected chi connectivity index (χ0v) is 20.3. The lowest BCUT2D eigenvalue weighted by Crippen LogP contribution is -2.47. The molecule has 0 aliphatic carbocycles. The highest BCUT2D eigenvalue weighted by Crippen LogP contribution is 2.19. The van der Waals surface area contributed by atoms with Gasteiger partial charge in [0.25, 0.3) is 0 Å². The van der Waals surface area contributed by atoms with E-state index < -0.39 is 34.4 Å². The summed E-state index contributed by atoms with van der Waals surface area (Å²) in [4.78, 5) is 25.6. The Kier molecular flexibility index (Phi) is 8.10. The van der Waals surface area contributed by atoms with Crippen molar-refractivity contribution in [3.63, 3.8) is 0 Å². The third-order valence-electron chi connectivity index (χ3n) is 5.57. The molecule has 0 aromatic heterocycles. The monoisotopic (exact) mass is 502 g/mol. The molecule has 0 heterocycles. The first kappa shape index (κ1) is 25.1. The normalized spacial score (nSPS) is 12.1. The van der Waals surface area contributed by atoms with Crippen LogP contribution in [0.1, 0.15) is 17.5 Å². The highest BCUT2D eigenvalue weighted by Gasteiger charge is 2.28. The average molecular weight is 503 g/mol. The van der Waals surface area contributed by atoms with Gasteiger partial charge in [-0.2, -0.15) is 4.72 Å². The summed E-state index contributed by atoms with van der Waals surface area (Å²) < 4.78 is 34.1. The first-order chi connectivity index (χ1) is 17.4. The first-order valence-electron chi connectivity index (χ1n) is 11.4. The molecule has 0 bridgehead atoms. The van der Waals surface area contributed by atoms with Gasteiger partial charge in [-0.1, -0.05) is 91.0 Å². The number of esters is 1. The first-order valence-corrected chi connectivity index (χ1v) is 12.9. The number of sulfonamides is 1. The van der Waals surface area contributed by atoms with E-state index in [1.807, 2.05) is 66.7 Å². The fourth-order valence-electron chi connectivity index (χ4n) is 3.65. The van der Waals surface area contributed by atoms with Crippen LogP contribution < -0.4 is 10.0 Å². The summed E-state index contributed by atoms with van der Waals surface area (Å²) in [5.41, 5.74) is 1.63. The van der Waals surface area contributed by atoms with Crippen molar-refractivity contribution in [2.75, 3.05) is 0 Å². The Labute approximate surface area is 210 Å². The number of benzene rings is 4. The van der Waals surface area contributed by atoms with Crippen molar-refractivity contribution in [1.29, 1.82) is 0 Å². The molecule has 2 N–H and O–H groups in total. The molecule has 1 amide bonds. The molecule has 4 aromatic rings. The molecule has 0 saturated heterocycles. The van der Waals surface area contributed by atoms with Crippen LogP contribution in [0.4, 0.5) is 0 Å². The maximum absolute atomic E-state index is 13.2. The highest BCUT2D eigenvalue weighted by atomic mass is 32.2. The second-order valence-electron chi connectivity index (χ2n) is 8.24. The van der Waals surface area contributed by atoms with Gasteiger partial charge in [0.2, 0.25) is 15.9 Å². The smallest absolute Gasteiger partial charge is 0.308 e. The van der Waals surface area contributed by atoms with Crippen molar-refractivity contribution < 1.29 is 22.7 Å². The average Bonchev–Trinajstić information content (AvgIpc) is 2.91. The molecule has 0 saturated carbocycles. The van der Waals surface area contributed by atoms with Gasteiger partial charge in [0.15, 0.2) is 0 Å². The van der Waals surface area contributed by atoms with Gasteiger partial charge in [0, 0.05) is 6.54 Å². The van der Waals surface area contributed by atoms with Gasteiger partial charge >= 0.3 is 5.97 Å². The highest BCUT2D eigenvalue weighted by molar-refractivity contribution is 7.89. The Morgan fingerprint density at radius 3 is 2.06 bits per heavy atom. The van der Waals surface area contributed by atoms with E-state index in [9.17, 15) is 18.0 Å². The fourth-order valence-corrected chi connectivity index (χ4v) is 4.88. The molecule has 8 heteroatoms. The Morgan fingerprint density at radius 2 is 1.36 bits per heavy atom. The third kappa shape index (κ3) is 6.78. The van der Waals surface area contributed by atoms with Gasteiger partial charge in [0.05, 0.1) is 11.3 Å². The van der Waals surface area contributed by atoms with E-state index in [1.54, 1.807) is 24.3 Å². The maximum Gasteiger partial charge on any atom is 0.308 e. The van der Waals surface area contributed by atoms with Crippen LogP contribution in [-0.4, -0.2) is 26.3 Å². The van der Waals surface area contributed by atoms with Gasteiger partial charge in [0.1, 0.15) is 12.6 Å². The van der Waals surface area contributed by atoms with Crippen LogP contribution in [0.25, 0.3) is 10.8 Å². The molecule has 1 atom stereocenters. The largest absolute Gasteiger partial charge is 0.461 e. The maximum atomic E-state index is 13.2. The lowest BCUT2D eigenvalue weighted by atomic mass is 10.1. The molecule has 184 valence electrons. The van der Waals surface area contributed by atoms with Gasteiger partial charge in [-0.05, 0) is 34.0 Å². The minimum Gasteiger partial charge on any atom is -0.461 e. The topological polar surface area (TPSA) is 102 Å². The predicted molar refractivity (Wildman–Crippen MR) is 137 cm³/mol. The summed E-state index contributed by atoms with van der Waals surface area (Å²) in [6.07, 6.45) is -0.458. The summed E-state index contributed by atoms with van der Waals surface area (Å²) in [5.74, 6) is -1.32. The van der Waals surface area contributed by atoms with Gasteiger partial charge in [-0.15, -0.1) is 0 Å². The van der Waals surface area contributed by atoms with Gasteiger partial charge in [-0.3, -0.25) is 9.59 Å². The SMILES string of the molecule is O=C(C[C@H](NS(=O)(=O)c1ccc2ccccc2c1)C(=O)NCc1ccccc1)OCc1ccccc1. The lowest BCUT2D eigenvalue weighted by Gasteiger charge is -2.18. The van der Waals surface area contributed by atoms with Crippen molar-refractivity contribution in [1.82, 2.24) is 10.0 Å².